The van der Waals surface area contributed by atoms with E-state index in [1.807, 2.05) is 31.1 Å². The standard InChI is InChI=1S/C20H33NO6S2/c1-5-19(6-2)11-12-20(21(3)4,13-17(19)15-29(25,26)27)18-10-8-7-9-16(18)14-28(22,23)24/h7-10,17H,5-6,11-15H2,1-4H3,(H,22,23,24)(H,25,26,27). The minimum Gasteiger partial charge on any atom is -0.300 e. The predicted molar refractivity (Wildman–Crippen MR) is 114 cm³/mol. The van der Waals surface area contributed by atoms with Crippen molar-refractivity contribution in [3.05, 3.63) is 35.4 Å². The molecule has 1 aromatic carbocycles. The summed E-state index contributed by atoms with van der Waals surface area (Å²) in [6, 6.07) is 7.10. The smallest absolute Gasteiger partial charge is 0.269 e. The minimum absolute atomic E-state index is 0.201. The fourth-order valence-electron chi connectivity index (χ4n) is 5.25. The molecule has 0 heterocycles. The first-order valence-corrected chi connectivity index (χ1v) is 13.2. The second-order valence-electron chi connectivity index (χ2n) is 8.53. The van der Waals surface area contributed by atoms with Crippen LogP contribution in [0.5, 0.6) is 0 Å². The Morgan fingerprint density at radius 1 is 1.00 bits per heavy atom. The number of benzene rings is 1. The Bertz CT molecular complexity index is 922. The summed E-state index contributed by atoms with van der Waals surface area (Å²) in [6.07, 6.45) is 3.58. The molecular weight excluding hydrogens is 414 g/mol. The van der Waals surface area contributed by atoms with E-state index >= 15 is 0 Å². The zero-order valence-electron chi connectivity index (χ0n) is 17.6. The van der Waals surface area contributed by atoms with Gasteiger partial charge in [-0.05, 0) is 55.8 Å². The topological polar surface area (TPSA) is 112 Å². The Morgan fingerprint density at radius 3 is 2.07 bits per heavy atom. The summed E-state index contributed by atoms with van der Waals surface area (Å²) in [5.41, 5.74) is 0.496. The van der Waals surface area contributed by atoms with E-state index in [1.165, 1.54) is 0 Å². The quantitative estimate of drug-likeness (QED) is 0.588. The molecule has 9 heteroatoms. The maximum Gasteiger partial charge on any atom is 0.269 e. The summed E-state index contributed by atoms with van der Waals surface area (Å²) in [4.78, 5) is 2.02. The largest absolute Gasteiger partial charge is 0.300 e. The highest BCUT2D eigenvalue weighted by Crippen LogP contribution is 2.55. The minimum atomic E-state index is -4.22. The van der Waals surface area contributed by atoms with Crippen molar-refractivity contribution in [3.63, 3.8) is 0 Å². The van der Waals surface area contributed by atoms with Crippen molar-refractivity contribution in [1.82, 2.24) is 4.90 Å². The van der Waals surface area contributed by atoms with Crippen molar-refractivity contribution in [2.45, 2.75) is 57.2 Å². The molecule has 1 aromatic rings. The van der Waals surface area contributed by atoms with Gasteiger partial charge in [0.15, 0.2) is 0 Å². The normalized spacial score (nSPS) is 25.3. The molecule has 2 unspecified atom stereocenters. The van der Waals surface area contributed by atoms with Gasteiger partial charge >= 0.3 is 0 Å². The third-order valence-electron chi connectivity index (χ3n) is 7.02. The van der Waals surface area contributed by atoms with Crippen LogP contribution in [-0.4, -0.2) is 50.7 Å². The number of nitrogens with zero attached hydrogens (tertiary/aromatic N) is 1. The van der Waals surface area contributed by atoms with Crippen molar-refractivity contribution in [2.24, 2.45) is 11.3 Å². The van der Waals surface area contributed by atoms with Crippen LogP contribution >= 0.6 is 0 Å². The summed E-state index contributed by atoms with van der Waals surface area (Å²) in [7, 11) is -4.58. The zero-order chi connectivity index (χ0) is 22.1. The first-order valence-electron chi connectivity index (χ1n) is 9.95. The fourth-order valence-corrected chi connectivity index (χ4v) is 6.87. The average molecular weight is 448 g/mol. The first-order chi connectivity index (χ1) is 13.3. The average Bonchev–Trinajstić information content (AvgIpc) is 2.59. The molecule has 166 valence electrons. The summed E-state index contributed by atoms with van der Waals surface area (Å²) in [5, 5.41) is 0. The summed E-state index contributed by atoms with van der Waals surface area (Å²) < 4.78 is 65.9. The molecule has 7 nitrogen and oxygen atoms in total. The monoisotopic (exact) mass is 447 g/mol. The molecule has 2 rings (SSSR count). The van der Waals surface area contributed by atoms with Crippen molar-refractivity contribution >= 4 is 20.2 Å². The van der Waals surface area contributed by atoms with Crippen LogP contribution in [0, 0.1) is 11.3 Å². The van der Waals surface area contributed by atoms with Gasteiger partial charge in [-0.25, -0.2) is 0 Å². The second-order valence-corrected chi connectivity index (χ2v) is 11.5. The number of hydrogen-bond acceptors (Lipinski definition) is 5. The van der Waals surface area contributed by atoms with Crippen molar-refractivity contribution < 1.29 is 25.9 Å². The van der Waals surface area contributed by atoms with Gasteiger partial charge in [0.25, 0.3) is 20.2 Å². The SMILES string of the molecule is CCC1(CC)CCC(c2ccccc2CS(=O)(=O)O)(N(C)C)CC1CS(=O)(=O)O. The molecule has 0 saturated heterocycles. The molecule has 0 bridgehead atoms. The van der Waals surface area contributed by atoms with Gasteiger partial charge in [-0.1, -0.05) is 51.0 Å². The molecule has 0 aliphatic heterocycles. The molecule has 0 radical (unpaired) electrons. The van der Waals surface area contributed by atoms with Crippen molar-refractivity contribution in [1.29, 1.82) is 0 Å². The van der Waals surface area contributed by atoms with Gasteiger partial charge in [-0.2, -0.15) is 16.8 Å². The molecule has 2 atom stereocenters. The Kier molecular flexibility index (Phi) is 7.22. The van der Waals surface area contributed by atoms with Gasteiger partial charge in [-0.15, -0.1) is 0 Å². The summed E-state index contributed by atoms with van der Waals surface area (Å²) in [6.45, 7) is 4.10. The molecule has 1 fully saturated rings. The zero-order valence-corrected chi connectivity index (χ0v) is 19.3. The number of hydrogen-bond donors (Lipinski definition) is 2. The van der Waals surface area contributed by atoms with Crippen molar-refractivity contribution in [3.8, 4) is 0 Å². The fraction of sp³-hybridized carbons (Fsp3) is 0.700. The van der Waals surface area contributed by atoms with E-state index in [2.05, 4.69) is 13.8 Å². The molecule has 1 saturated carbocycles. The lowest BCUT2D eigenvalue weighted by molar-refractivity contribution is -0.0140. The van der Waals surface area contributed by atoms with Gasteiger partial charge in [0, 0.05) is 5.54 Å². The van der Waals surface area contributed by atoms with Gasteiger partial charge in [0.2, 0.25) is 0 Å². The Balaban J connectivity index is 2.62. The lowest BCUT2D eigenvalue weighted by atomic mass is 9.57. The maximum atomic E-state index is 11.8. The van der Waals surface area contributed by atoms with Crippen LogP contribution in [0.25, 0.3) is 0 Å². The molecule has 2 N–H and O–H groups in total. The van der Waals surface area contributed by atoms with Gasteiger partial charge < -0.3 is 0 Å². The van der Waals surface area contributed by atoms with E-state index in [0.29, 0.717) is 12.0 Å². The molecule has 0 aromatic heterocycles. The summed E-state index contributed by atoms with van der Waals surface area (Å²) >= 11 is 0. The molecule has 29 heavy (non-hydrogen) atoms. The Hall–Kier alpha value is -1.00. The van der Waals surface area contributed by atoms with Crippen LogP contribution < -0.4 is 0 Å². The van der Waals surface area contributed by atoms with Gasteiger partial charge in [0.05, 0.1) is 5.75 Å². The van der Waals surface area contributed by atoms with Crippen LogP contribution in [0.4, 0.5) is 0 Å². The van der Waals surface area contributed by atoms with E-state index in [1.54, 1.807) is 12.1 Å². The van der Waals surface area contributed by atoms with E-state index in [-0.39, 0.29) is 17.1 Å². The van der Waals surface area contributed by atoms with Crippen LogP contribution in [0.3, 0.4) is 0 Å². The molecule has 1 aliphatic carbocycles. The lowest BCUT2D eigenvalue weighted by Crippen LogP contribution is -2.52. The third-order valence-corrected chi connectivity index (χ3v) is 8.52. The number of rotatable bonds is 8. The molecule has 1 aliphatic rings. The molecule has 0 amide bonds. The molecule has 0 spiro atoms. The maximum absolute atomic E-state index is 11.8. The van der Waals surface area contributed by atoms with Crippen LogP contribution in [0.15, 0.2) is 24.3 Å². The van der Waals surface area contributed by atoms with Gasteiger partial charge in [-0.3, -0.25) is 14.0 Å². The van der Waals surface area contributed by atoms with Crippen molar-refractivity contribution in [2.75, 3.05) is 19.8 Å². The second kappa shape index (κ2) is 8.63. The lowest BCUT2D eigenvalue weighted by Gasteiger charge is -2.54. The van der Waals surface area contributed by atoms with Crippen LogP contribution in [-0.2, 0) is 31.5 Å². The Morgan fingerprint density at radius 2 is 1.59 bits per heavy atom. The van der Waals surface area contributed by atoms with Crippen LogP contribution in [0.1, 0.15) is 57.1 Å². The highest BCUT2D eigenvalue weighted by molar-refractivity contribution is 7.85. The first kappa shape index (κ1) is 24.3. The Labute approximate surface area is 175 Å². The van der Waals surface area contributed by atoms with Gasteiger partial charge in [0.1, 0.15) is 5.75 Å². The predicted octanol–water partition coefficient (Wildman–Crippen LogP) is 3.33. The van der Waals surface area contributed by atoms with E-state index in [0.717, 1.165) is 31.2 Å². The van der Waals surface area contributed by atoms with E-state index < -0.39 is 31.5 Å². The highest BCUT2D eigenvalue weighted by Gasteiger charge is 2.50. The summed E-state index contributed by atoms with van der Waals surface area (Å²) in [5.74, 6) is -1.08. The van der Waals surface area contributed by atoms with E-state index in [9.17, 15) is 25.9 Å². The molecular formula is C20H33NO6S2. The highest BCUT2D eigenvalue weighted by atomic mass is 32.2. The van der Waals surface area contributed by atoms with Crippen LogP contribution in [0.2, 0.25) is 0 Å². The third kappa shape index (κ3) is 5.38. The van der Waals surface area contributed by atoms with E-state index in [4.69, 9.17) is 0 Å².